The fourth-order valence-corrected chi connectivity index (χ4v) is 4.86. The Kier molecular flexibility index (Phi) is 3.53. The Labute approximate surface area is 160 Å². The van der Waals surface area contributed by atoms with Gasteiger partial charge in [-0.05, 0) is 48.6 Å². The molecule has 0 aliphatic heterocycles. The molecule has 28 heavy (non-hydrogen) atoms. The molecule has 1 aromatic carbocycles. The van der Waals surface area contributed by atoms with Crippen LogP contribution in [0, 0.1) is 17.0 Å². The third-order valence-electron chi connectivity index (χ3n) is 6.30. The van der Waals surface area contributed by atoms with E-state index in [1.807, 2.05) is 0 Å². The van der Waals surface area contributed by atoms with Gasteiger partial charge in [-0.2, -0.15) is 5.10 Å². The van der Waals surface area contributed by atoms with Gasteiger partial charge in [0.1, 0.15) is 17.3 Å². The van der Waals surface area contributed by atoms with Crippen LogP contribution in [0.4, 0.5) is 8.78 Å². The second-order valence-electron chi connectivity index (χ2n) is 7.90. The van der Waals surface area contributed by atoms with Crippen molar-refractivity contribution in [1.82, 2.24) is 20.2 Å². The average molecular weight is 380 g/mol. The van der Waals surface area contributed by atoms with Gasteiger partial charge in [0.15, 0.2) is 5.60 Å². The number of benzene rings is 1. The van der Waals surface area contributed by atoms with E-state index in [0.29, 0.717) is 5.69 Å². The summed E-state index contributed by atoms with van der Waals surface area (Å²) in [5.74, 6) is -1.16. The molecule has 0 amide bonds. The van der Waals surface area contributed by atoms with Gasteiger partial charge < -0.3 is 4.74 Å². The minimum Gasteiger partial charge on any atom is -0.450 e. The smallest absolute Gasteiger partial charge is 0.317 e. The third kappa shape index (κ3) is 2.16. The minimum absolute atomic E-state index is 0.148. The van der Waals surface area contributed by atoms with Crippen LogP contribution in [-0.4, -0.2) is 20.2 Å². The first-order valence-corrected chi connectivity index (χ1v) is 9.22. The summed E-state index contributed by atoms with van der Waals surface area (Å²) >= 11 is 0. The first-order chi connectivity index (χ1) is 13.4. The Balaban J connectivity index is 1.65. The standard InChI is InChI=1S/C21H18F2N4O/c1-20(2)13-7-8-21(20,28-19-24-9-4-10-25-19)18-12(13)11-16(26-27-18)17-14(22)5-3-6-15(17)23/h3-6,9-11,13H,7-8H2,1-2H3/t13-,21?/m0/s1. The maximum absolute atomic E-state index is 14.2. The van der Waals surface area contributed by atoms with Crippen molar-refractivity contribution in [3.8, 4) is 17.3 Å². The Morgan fingerprint density at radius 3 is 2.46 bits per heavy atom. The topological polar surface area (TPSA) is 60.8 Å². The van der Waals surface area contributed by atoms with Gasteiger partial charge in [-0.3, -0.25) is 0 Å². The monoisotopic (exact) mass is 380 g/mol. The zero-order chi connectivity index (χ0) is 19.5. The van der Waals surface area contributed by atoms with Crippen molar-refractivity contribution in [2.45, 2.75) is 38.2 Å². The molecule has 1 unspecified atom stereocenters. The number of nitrogens with zero attached hydrogens (tertiary/aromatic N) is 4. The predicted molar refractivity (Wildman–Crippen MR) is 97.5 cm³/mol. The molecule has 2 bridgehead atoms. The molecule has 0 spiro atoms. The van der Waals surface area contributed by atoms with Crippen molar-refractivity contribution in [2.75, 3.05) is 0 Å². The number of rotatable bonds is 3. The molecule has 5 rings (SSSR count). The molecule has 1 fully saturated rings. The van der Waals surface area contributed by atoms with Gasteiger partial charge in [0, 0.05) is 17.8 Å². The Bertz CT molecular complexity index is 1050. The summed E-state index contributed by atoms with van der Waals surface area (Å²) in [6, 6.07) is 7.55. The van der Waals surface area contributed by atoms with E-state index in [4.69, 9.17) is 4.74 Å². The molecule has 3 aromatic rings. The van der Waals surface area contributed by atoms with Gasteiger partial charge in [-0.15, -0.1) is 5.10 Å². The van der Waals surface area contributed by atoms with Gasteiger partial charge >= 0.3 is 6.01 Å². The molecule has 2 aromatic heterocycles. The number of fused-ring (bicyclic) bond motifs is 5. The van der Waals surface area contributed by atoms with Crippen LogP contribution in [0.25, 0.3) is 11.3 Å². The SMILES string of the molecule is CC1(C)[C@H]2CCC1(Oc1ncccn1)c1nnc(-c3c(F)cccc3F)cc12. The molecular formula is C21H18F2N4O. The summed E-state index contributed by atoms with van der Waals surface area (Å²) in [5, 5.41) is 8.56. The lowest BCUT2D eigenvalue weighted by atomic mass is 9.77. The lowest BCUT2D eigenvalue weighted by Gasteiger charge is -2.36. The van der Waals surface area contributed by atoms with E-state index < -0.39 is 17.2 Å². The lowest BCUT2D eigenvalue weighted by Crippen LogP contribution is -2.41. The Hall–Kier alpha value is -2.96. The molecule has 1 saturated carbocycles. The van der Waals surface area contributed by atoms with Crippen molar-refractivity contribution in [3.63, 3.8) is 0 Å². The van der Waals surface area contributed by atoms with E-state index in [9.17, 15) is 8.78 Å². The van der Waals surface area contributed by atoms with Gasteiger partial charge in [0.2, 0.25) is 0 Å². The molecular weight excluding hydrogens is 362 g/mol. The summed E-state index contributed by atoms with van der Waals surface area (Å²) in [5.41, 5.74) is 0.689. The first-order valence-electron chi connectivity index (χ1n) is 9.22. The summed E-state index contributed by atoms with van der Waals surface area (Å²) in [6.45, 7) is 4.25. The maximum atomic E-state index is 14.2. The second-order valence-corrected chi connectivity index (χ2v) is 7.90. The van der Waals surface area contributed by atoms with Gasteiger partial charge in [-0.25, -0.2) is 18.7 Å². The number of aromatic nitrogens is 4. The molecule has 2 aliphatic carbocycles. The molecule has 0 N–H and O–H groups in total. The normalized spacial score (nSPS) is 24.2. The van der Waals surface area contributed by atoms with Crippen LogP contribution < -0.4 is 4.74 Å². The first kappa shape index (κ1) is 17.2. The van der Waals surface area contributed by atoms with Gasteiger partial charge in [-0.1, -0.05) is 19.9 Å². The highest BCUT2D eigenvalue weighted by Gasteiger charge is 2.66. The zero-order valence-electron chi connectivity index (χ0n) is 15.5. The van der Waals surface area contributed by atoms with Gasteiger partial charge in [0.05, 0.1) is 11.3 Å². The average Bonchev–Trinajstić information content (AvgIpc) is 3.02. The lowest BCUT2D eigenvalue weighted by molar-refractivity contribution is -0.0267. The Morgan fingerprint density at radius 2 is 1.75 bits per heavy atom. The van der Waals surface area contributed by atoms with Crippen LogP contribution in [0.2, 0.25) is 0 Å². The fourth-order valence-electron chi connectivity index (χ4n) is 4.86. The molecule has 2 aliphatic rings. The summed E-state index contributed by atoms with van der Waals surface area (Å²) in [4.78, 5) is 8.40. The van der Waals surface area contributed by atoms with Gasteiger partial charge in [0.25, 0.3) is 0 Å². The third-order valence-corrected chi connectivity index (χ3v) is 6.30. The van der Waals surface area contributed by atoms with E-state index in [2.05, 4.69) is 34.0 Å². The van der Waals surface area contributed by atoms with Crippen LogP contribution in [-0.2, 0) is 5.60 Å². The minimum atomic E-state index is -0.715. The summed E-state index contributed by atoms with van der Waals surface area (Å²) in [7, 11) is 0. The van der Waals surface area contributed by atoms with E-state index >= 15 is 0 Å². The number of hydrogen-bond acceptors (Lipinski definition) is 5. The highest BCUT2D eigenvalue weighted by Crippen LogP contribution is 2.67. The number of ether oxygens (including phenoxy) is 1. The molecule has 2 atom stereocenters. The molecule has 5 nitrogen and oxygen atoms in total. The number of hydrogen-bond donors (Lipinski definition) is 0. The van der Waals surface area contributed by atoms with Crippen LogP contribution in [0.5, 0.6) is 6.01 Å². The van der Waals surface area contributed by atoms with E-state index in [-0.39, 0.29) is 28.6 Å². The molecule has 7 heteroatoms. The van der Waals surface area contributed by atoms with Crippen LogP contribution in [0.1, 0.15) is 43.9 Å². The largest absolute Gasteiger partial charge is 0.450 e. The molecule has 142 valence electrons. The number of halogens is 2. The fraction of sp³-hybridized carbons (Fsp3) is 0.333. The summed E-state index contributed by atoms with van der Waals surface area (Å²) < 4.78 is 34.8. The maximum Gasteiger partial charge on any atom is 0.317 e. The quantitative estimate of drug-likeness (QED) is 0.674. The summed E-state index contributed by atoms with van der Waals surface area (Å²) in [6.07, 6.45) is 4.91. The second kappa shape index (κ2) is 5.77. The van der Waals surface area contributed by atoms with Crippen molar-refractivity contribution in [1.29, 1.82) is 0 Å². The Morgan fingerprint density at radius 1 is 1.04 bits per heavy atom. The highest BCUT2D eigenvalue weighted by atomic mass is 19.1. The van der Waals surface area contributed by atoms with Crippen LogP contribution in [0.3, 0.4) is 0 Å². The van der Waals surface area contributed by atoms with Crippen molar-refractivity contribution < 1.29 is 13.5 Å². The molecule has 0 radical (unpaired) electrons. The highest BCUT2D eigenvalue weighted by molar-refractivity contribution is 5.63. The predicted octanol–water partition coefficient (Wildman–Crippen LogP) is 4.40. The zero-order valence-corrected chi connectivity index (χ0v) is 15.5. The van der Waals surface area contributed by atoms with E-state index in [1.165, 1.54) is 18.2 Å². The van der Waals surface area contributed by atoms with Crippen molar-refractivity contribution >= 4 is 0 Å². The van der Waals surface area contributed by atoms with E-state index in [1.54, 1.807) is 24.5 Å². The van der Waals surface area contributed by atoms with Crippen LogP contribution >= 0.6 is 0 Å². The van der Waals surface area contributed by atoms with E-state index in [0.717, 1.165) is 18.4 Å². The van der Waals surface area contributed by atoms with Crippen molar-refractivity contribution in [2.24, 2.45) is 5.41 Å². The molecule has 0 saturated heterocycles. The molecule has 2 heterocycles. The van der Waals surface area contributed by atoms with Crippen molar-refractivity contribution in [3.05, 3.63) is 65.6 Å². The van der Waals surface area contributed by atoms with Crippen LogP contribution in [0.15, 0.2) is 42.7 Å².